The van der Waals surface area contributed by atoms with Gasteiger partial charge in [-0.2, -0.15) is 0 Å². The molecule has 1 saturated heterocycles. The maximum absolute atomic E-state index is 13.3. The molecule has 2 aromatic heterocycles. The van der Waals surface area contributed by atoms with Crippen molar-refractivity contribution >= 4 is 75.3 Å². The number of anilines is 2. The summed E-state index contributed by atoms with van der Waals surface area (Å²) < 4.78 is 1.25. The molecule has 19 heteroatoms. The van der Waals surface area contributed by atoms with Crippen molar-refractivity contribution < 1.29 is 38.9 Å². The number of thioether (sulfide) groups is 2. The highest BCUT2D eigenvalue weighted by molar-refractivity contribution is 8.01. The summed E-state index contributed by atoms with van der Waals surface area (Å²) in [5.74, 6) is 2.42. The second-order valence-electron chi connectivity index (χ2n) is 8.94. The summed E-state index contributed by atoms with van der Waals surface area (Å²) in [5, 5.41) is 27.0. The van der Waals surface area contributed by atoms with Gasteiger partial charge in [-0.15, -0.1) is 27.8 Å². The van der Waals surface area contributed by atoms with Crippen LogP contribution in [-0.2, 0) is 24.0 Å². The van der Waals surface area contributed by atoms with Crippen LogP contribution in [-0.4, -0.2) is 83.1 Å². The van der Waals surface area contributed by atoms with Crippen LogP contribution in [0.4, 0.5) is 10.9 Å². The van der Waals surface area contributed by atoms with Crippen molar-refractivity contribution in [3.63, 3.8) is 0 Å². The third-order valence-corrected chi connectivity index (χ3v) is 9.28. The predicted molar refractivity (Wildman–Crippen MR) is 150 cm³/mol. The van der Waals surface area contributed by atoms with E-state index < -0.39 is 40.8 Å². The van der Waals surface area contributed by atoms with Gasteiger partial charge in [-0.25, -0.2) is 14.6 Å². The quantitative estimate of drug-likeness (QED) is 0.0341. The highest BCUT2D eigenvalue weighted by Crippen LogP contribution is 2.41. The number of carboxylic acids is 2. The number of nitrogen functional groups attached to an aromatic ring is 3. The van der Waals surface area contributed by atoms with Gasteiger partial charge < -0.3 is 31.8 Å². The third-order valence-electron chi connectivity index (χ3n) is 6.21. The summed E-state index contributed by atoms with van der Waals surface area (Å²) >= 11 is 3.45. The van der Waals surface area contributed by atoms with Crippen LogP contribution >= 0.6 is 34.9 Å². The summed E-state index contributed by atoms with van der Waals surface area (Å²) in [6.07, 6.45) is 1.56. The fourth-order valence-corrected chi connectivity index (χ4v) is 6.64. The van der Waals surface area contributed by atoms with E-state index in [1.807, 2.05) is 0 Å². The van der Waals surface area contributed by atoms with Gasteiger partial charge in [0.1, 0.15) is 29.0 Å². The number of amides is 2. The molecule has 0 saturated carbocycles. The minimum Gasteiger partial charge on any atom is -0.478 e. The van der Waals surface area contributed by atoms with Crippen molar-refractivity contribution in [1.82, 2.24) is 20.2 Å². The van der Waals surface area contributed by atoms with Crippen LogP contribution in [0.1, 0.15) is 26.0 Å². The van der Waals surface area contributed by atoms with Gasteiger partial charge in [-0.3, -0.25) is 20.3 Å². The smallest absolute Gasteiger partial charge is 0.384 e. The van der Waals surface area contributed by atoms with Crippen molar-refractivity contribution in [3.05, 3.63) is 34.6 Å². The Kier molecular flexibility index (Phi) is 8.59. The number of carbonyl (C=O) groups is 4. The van der Waals surface area contributed by atoms with Gasteiger partial charge in [0.05, 0.1) is 0 Å². The standard InChI is InChI=1S/C22H25N9O7S3/c1-3-22(2,19(36)37)38-29-12(10-8-40-20(24)26-10)15(32)28-13-16(33)31-14(18(34)35)9(6-39-17(13)31)7-41-21-27-11(23)4-5-30(21)25/h4-5,8,13,17,23H,3,6-7,25H2,1-2H3,(H5,24,26,28,32,34,35,36,37)/p+1/b29-12-/t13?,17-,22?/m1/s1. The van der Waals surface area contributed by atoms with Gasteiger partial charge in [0, 0.05) is 23.0 Å². The third kappa shape index (κ3) is 6.00. The molecule has 2 aliphatic heterocycles. The summed E-state index contributed by atoms with van der Waals surface area (Å²) in [5.41, 5.74) is 9.59. The fourth-order valence-electron chi connectivity index (χ4n) is 3.69. The summed E-state index contributed by atoms with van der Waals surface area (Å²) in [4.78, 5) is 64.7. The molecule has 0 radical (unpaired) electrons. The Balaban J connectivity index is 1.53. The molecule has 2 unspecified atom stereocenters. The Morgan fingerprint density at radius 2 is 2.07 bits per heavy atom. The Morgan fingerprint density at radius 3 is 2.68 bits per heavy atom. The molecule has 3 atom stereocenters. The Morgan fingerprint density at radius 1 is 1.34 bits per heavy atom. The van der Waals surface area contributed by atoms with Crippen LogP contribution in [0.2, 0.25) is 0 Å². The summed E-state index contributed by atoms with van der Waals surface area (Å²) in [6.45, 7) is 2.87. The number of nitrogens with one attached hydrogen (secondary N) is 1. The number of carbonyl (C=O) groups excluding carboxylic acids is 2. The summed E-state index contributed by atoms with van der Waals surface area (Å²) in [6, 6.07) is 0.427. The van der Waals surface area contributed by atoms with E-state index in [2.05, 4.69) is 20.4 Å². The molecule has 1 fully saturated rings. The number of nitrogens with two attached hydrogens (primary N) is 3. The van der Waals surface area contributed by atoms with E-state index in [0.29, 0.717) is 10.7 Å². The van der Waals surface area contributed by atoms with Gasteiger partial charge >= 0.3 is 17.1 Å². The first-order chi connectivity index (χ1) is 19.4. The topological polar surface area (TPSA) is 253 Å². The van der Waals surface area contributed by atoms with Crippen molar-refractivity contribution in [2.75, 3.05) is 28.8 Å². The molecule has 41 heavy (non-hydrogen) atoms. The Hall–Kier alpha value is -4.10. The molecular formula is C22H26N9O7S3+. The van der Waals surface area contributed by atoms with Crippen LogP contribution in [0.25, 0.3) is 0 Å². The average molecular weight is 625 g/mol. The SMILES string of the molecule is CCC(C)(O/N=C(\C(=O)NC1C(=O)N2C(C(=O)O)=C(CSc3nc(N)cc[n+]3N)CS[C@H]12)c1csc(N)n1)C(=O)O. The molecule has 16 nitrogen and oxygen atoms in total. The fraction of sp³-hybridized carbons (Fsp3) is 0.364. The normalized spacial score (nSPS) is 20.1. The first kappa shape index (κ1) is 29.9. The maximum atomic E-state index is 13.3. The van der Waals surface area contributed by atoms with Crippen LogP contribution in [0.3, 0.4) is 0 Å². The second kappa shape index (κ2) is 11.8. The van der Waals surface area contributed by atoms with E-state index >= 15 is 0 Å². The van der Waals surface area contributed by atoms with E-state index in [0.717, 1.165) is 28.0 Å². The minimum absolute atomic E-state index is 0.0199. The number of aliphatic carboxylic acids is 2. The Bertz CT molecular complexity index is 1480. The monoisotopic (exact) mass is 624 g/mol. The molecular weight excluding hydrogens is 598 g/mol. The maximum Gasteiger partial charge on any atom is 0.384 e. The van der Waals surface area contributed by atoms with Crippen LogP contribution < -0.4 is 27.3 Å². The molecule has 4 rings (SSSR count). The molecule has 2 aliphatic rings. The summed E-state index contributed by atoms with van der Waals surface area (Å²) in [7, 11) is 0. The molecule has 0 aliphatic carbocycles. The number of hydrogen-bond donors (Lipinski definition) is 6. The lowest BCUT2D eigenvalue weighted by atomic mass is 10.0. The zero-order valence-corrected chi connectivity index (χ0v) is 24.1. The molecule has 218 valence electrons. The zero-order valence-electron chi connectivity index (χ0n) is 21.6. The number of aromatic nitrogens is 3. The number of fused-ring (bicyclic) bond motifs is 1. The van der Waals surface area contributed by atoms with Crippen LogP contribution in [0, 0.1) is 0 Å². The number of β-lactam (4-membered cyclic amide) rings is 1. The van der Waals surface area contributed by atoms with Gasteiger partial charge in [0.2, 0.25) is 11.4 Å². The molecule has 9 N–H and O–H groups in total. The lowest BCUT2D eigenvalue weighted by Gasteiger charge is -2.49. The van der Waals surface area contributed by atoms with Crippen molar-refractivity contribution in [2.24, 2.45) is 5.16 Å². The van der Waals surface area contributed by atoms with Crippen molar-refractivity contribution in [1.29, 1.82) is 0 Å². The first-order valence-electron chi connectivity index (χ1n) is 11.8. The molecule has 0 aromatic carbocycles. The van der Waals surface area contributed by atoms with Gasteiger partial charge in [0.15, 0.2) is 10.8 Å². The van der Waals surface area contributed by atoms with Gasteiger partial charge in [-0.05, 0) is 35.7 Å². The molecule has 2 aromatic rings. The minimum atomic E-state index is -1.73. The first-order valence-corrected chi connectivity index (χ1v) is 14.8. The molecule has 2 amide bonds. The van der Waals surface area contributed by atoms with E-state index in [-0.39, 0.29) is 46.0 Å². The van der Waals surface area contributed by atoms with Crippen LogP contribution in [0.15, 0.2) is 39.2 Å². The molecule has 0 spiro atoms. The number of oxime groups is 1. The van der Waals surface area contributed by atoms with Crippen molar-refractivity contribution in [2.45, 2.75) is 42.4 Å². The number of thiazole rings is 1. The number of rotatable bonds is 11. The number of carboxylic acid groups (broad SMARTS) is 2. The number of nitrogens with zero attached hydrogens (tertiary/aromatic N) is 5. The lowest BCUT2D eigenvalue weighted by molar-refractivity contribution is -0.682. The van der Waals surface area contributed by atoms with E-state index in [1.165, 1.54) is 41.0 Å². The Labute approximate surface area is 245 Å². The van der Waals surface area contributed by atoms with Gasteiger partial charge in [0.25, 0.3) is 11.8 Å². The second-order valence-corrected chi connectivity index (χ2v) is 11.9. The van der Waals surface area contributed by atoms with E-state index in [9.17, 15) is 29.4 Å². The van der Waals surface area contributed by atoms with Crippen molar-refractivity contribution in [3.8, 4) is 0 Å². The number of hydrogen-bond acceptors (Lipinski definition) is 14. The van der Waals surface area contributed by atoms with Gasteiger partial charge in [-0.1, -0.05) is 12.1 Å². The zero-order chi connectivity index (χ0) is 30.1. The highest BCUT2D eigenvalue weighted by atomic mass is 32.2. The largest absolute Gasteiger partial charge is 0.478 e. The van der Waals surface area contributed by atoms with E-state index in [4.69, 9.17) is 22.1 Å². The lowest BCUT2D eigenvalue weighted by Crippen LogP contribution is -2.71. The van der Waals surface area contributed by atoms with E-state index in [1.54, 1.807) is 6.92 Å². The highest BCUT2D eigenvalue weighted by Gasteiger charge is 2.54. The molecule has 0 bridgehead atoms. The average Bonchev–Trinajstić information content (AvgIpc) is 3.36. The molecule has 4 heterocycles. The van der Waals surface area contributed by atoms with Crippen LogP contribution in [0.5, 0.6) is 0 Å². The predicted octanol–water partition coefficient (Wildman–Crippen LogP) is -0.791.